The first-order chi connectivity index (χ1) is 32.8. The molecule has 0 radical (unpaired) electrons. The number of amides is 4. The van der Waals surface area contributed by atoms with Crippen LogP contribution in [-0.2, 0) is 9.59 Å². The van der Waals surface area contributed by atoms with Crippen molar-refractivity contribution in [1.29, 1.82) is 0 Å². The molecule has 2 aromatic heterocycles. The number of nitrogens with zero attached hydrogens (tertiary/aromatic N) is 6. The summed E-state index contributed by atoms with van der Waals surface area (Å²) in [5, 5.41) is 6.43. The van der Waals surface area contributed by atoms with Gasteiger partial charge in [0.15, 0.2) is 0 Å². The van der Waals surface area contributed by atoms with Gasteiger partial charge >= 0.3 is 6.03 Å². The maximum Gasteiger partial charge on any atom is 0.318 e. The number of urea groups is 1. The molecule has 0 spiro atoms. The van der Waals surface area contributed by atoms with Crippen molar-refractivity contribution >= 4 is 17.8 Å². The van der Waals surface area contributed by atoms with E-state index in [2.05, 4.69) is 73.6 Å². The van der Waals surface area contributed by atoms with E-state index < -0.39 is 6.04 Å². The first-order valence-corrected chi connectivity index (χ1v) is 23.8. The van der Waals surface area contributed by atoms with Crippen molar-refractivity contribution in [3.63, 3.8) is 0 Å². The average molecular weight is 895 g/mol. The second-order valence-electron chi connectivity index (χ2n) is 18.4. The maximum atomic E-state index is 14.3. The van der Waals surface area contributed by atoms with Crippen LogP contribution in [-0.4, -0.2) is 110 Å². The molecule has 3 saturated heterocycles. The minimum Gasteiger partial charge on any atom is -0.348 e. The number of nitrogens with one attached hydrogen (secondary N) is 4. The van der Waals surface area contributed by atoms with Crippen LogP contribution < -0.4 is 10.6 Å². The number of aromatic amines is 2. The van der Waals surface area contributed by atoms with Gasteiger partial charge in [-0.05, 0) is 98.6 Å². The molecule has 4 aromatic carbocycles. The summed E-state index contributed by atoms with van der Waals surface area (Å²) in [4.78, 5) is 65.7. The third kappa shape index (κ3) is 10.2. The summed E-state index contributed by atoms with van der Waals surface area (Å²) in [6.45, 7) is 5.14. The zero-order valence-electron chi connectivity index (χ0n) is 38.0. The van der Waals surface area contributed by atoms with Crippen LogP contribution in [0.1, 0.15) is 96.6 Å². The molecule has 4 N–H and O–H groups in total. The number of likely N-dealkylation sites (N-methyl/N-ethyl adjacent to an activating group) is 1. The number of aromatic nitrogens is 4. The fraction of sp³-hybridized carbons (Fsp3) is 0.352. The quantitative estimate of drug-likeness (QED) is 0.0925. The lowest BCUT2D eigenvalue weighted by atomic mass is 10.0. The van der Waals surface area contributed by atoms with Crippen molar-refractivity contribution in [1.82, 2.24) is 50.2 Å². The Bertz CT molecular complexity index is 2710. The molecule has 67 heavy (non-hydrogen) atoms. The molecule has 342 valence electrons. The highest BCUT2D eigenvalue weighted by Crippen LogP contribution is 2.36. The molecule has 1 aliphatic carbocycles. The summed E-state index contributed by atoms with van der Waals surface area (Å²) < 4.78 is 0. The van der Waals surface area contributed by atoms with E-state index in [9.17, 15) is 14.4 Å². The van der Waals surface area contributed by atoms with Crippen LogP contribution >= 0.6 is 0 Å². The second kappa shape index (κ2) is 19.8. The predicted octanol–water partition coefficient (Wildman–Crippen LogP) is 7.63. The smallest absolute Gasteiger partial charge is 0.318 e. The molecule has 4 atom stereocenters. The molecule has 3 aliphatic heterocycles. The minimum absolute atomic E-state index is 0.0655. The number of benzene rings is 4. The van der Waals surface area contributed by atoms with Crippen molar-refractivity contribution in [2.24, 2.45) is 5.92 Å². The summed E-state index contributed by atoms with van der Waals surface area (Å²) in [7, 11) is 2.05. The van der Waals surface area contributed by atoms with E-state index >= 15 is 0 Å². The highest BCUT2D eigenvalue weighted by atomic mass is 16.2. The molecule has 5 heterocycles. The van der Waals surface area contributed by atoms with E-state index in [0.29, 0.717) is 19.6 Å². The summed E-state index contributed by atoms with van der Waals surface area (Å²) in [5.41, 5.74) is 7.56. The third-order valence-corrected chi connectivity index (χ3v) is 13.8. The Balaban J connectivity index is 0.762. The minimum atomic E-state index is -0.799. The van der Waals surface area contributed by atoms with Gasteiger partial charge in [0.1, 0.15) is 17.7 Å². The Labute approximate surface area is 392 Å². The summed E-state index contributed by atoms with van der Waals surface area (Å²) >= 11 is 0. The van der Waals surface area contributed by atoms with Crippen molar-refractivity contribution in [2.75, 3.05) is 52.9 Å². The first-order valence-electron chi connectivity index (χ1n) is 23.8. The highest BCUT2D eigenvalue weighted by Gasteiger charge is 2.38. The zero-order chi connectivity index (χ0) is 45.7. The second-order valence-corrected chi connectivity index (χ2v) is 18.4. The van der Waals surface area contributed by atoms with Gasteiger partial charge in [-0.25, -0.2) is 14.8 Å². The van der Waals surface area contributed by atoms with Gasteiger partial charge in [-0.15, -0.1) is 0 Å². The Hall–Kier alpha value is -7.01. The fourth-order valence-corrected chi connectivity index (χ4v) is 9.70. The predicted molar refractivity (Wildman–Crippen MR) is 258 cm³/mol. The van der Waals surface area contributed by atoms with Crippen LogP contribution in [0.4, 0.5) is 4.79 Å². The van der Waals surface area contributed by atoms with Crippen LogP contribution in [0.2, 0.25) is 0 Å². The van der Waals surface area contributed by atoms with Crippen molar-refractivity contribution < 1.29 is 14.4 Å². The Morgan fingerprint density at radius 1 is 0.642 bits per heavy atom. The number of likely N-dealkylation sites (tertiary alicyclic amines) is 2. The lowest BCUT2D eigenvalue weighted by molar-refractivity contribution is -0.134. The normalized spacial score (nSPS) is 19.7. The van der Waals surface area contributed by atoms with Gasteiger partial charge in [0.25, 0.3) is 0 Å². The van der Waals surface area contributed by atoms with Crippen LogP contribution in [0.25, 0.3) is 22.5 Å². The molecule has 0 bridgehead atoms. The molecule has 4 unspecified atom stereocenters. The number of carbonyl (C=O) groups excluding carboxylic acids is 3. The van der Waals surface area contributed by atoms with Gasteiger partial charge in [0, 0.05) is 56.3 Å². The molecule has 1 saturated carbocycles. The van der Waals surface area contributed by atoms with Gasteiger partial charge in [0.2, 0.25) is 11.8 Å². The number of rotatable bonds is 12. The lowest BCUT2D eigenvalue weighted by Crippen LogP contribution is -2.53. The summed E-state index contributed by atoms with van der Waals surface area (Å²) in [6.07, 6.45) is 9.44. The molecule has 13 heteroatoms. The van der Waals surface area contributed by atoms with E-state index in [4.69, 9.17) is 9.97 Å². The van der Waals surface area contributed by atoms with Crippen LogP contribution in [0, 0.1) is 17.8 Å². The van der Waals surface area contributed by atoms with Gasteiger partial charge in [0.05, 0.1) is 41.9 Å². The van der Waals surface area contributed by atoms with E-state index in [1.54, 1.807) is 4.90 Å². The molecule has 4 amide bonds. The van der Waals surface area contributed by atoms with E-state index in [0.717, 1.165) is 121 Å². The monoisotopic (exact) mass is 894 g/mol. The first kappa shape index (κ1) is 43.9. The number of piperazine rings is 1. The zero-order valence-corrected chi connectivity index (χ0v) is 38.0. The van der Waals surface area contributed by atoms with E-state index in [1.165, 1.54) is 0 Å². The third-order valence-electron chi connectivity index (χ3n) is 13.8. The van der Waals surface area contributed by atoms with Gasteiger partial charge < -0.3 is 35.3 Å². The molecular formula is C54H58N10O3. The van der Waals surface area contributed by atoms with Gasteiger partial charge in [-0.3, -0.25) is 14.5 Å². The summed E-state index contributed by atoms with van der Waals surface area (Å²) in [5.74, 6) is 8.52. The van der Waals surface area contributed by atoms with Crippen molar-refractivity contribution in [2.45, 2.75) is 62.7 Å². The molecule has 13 nitrogen and oxygen atoms in total. The van der Waals surface area contributed by atoms with E-state index in [-0.39, 0.29) is 41.9 Å². The van der Waals surface area contributed by atoms with Crippen LogP contribution in [0.3, 0.4) is 0 Å². The maximum absolute atomic E-state index is 14.3. The molecule has 4 aliphatic rings. The molecule has 4 fully saturated rings. The molecule has 6 aromatic rings. The standard InChI is InChI=1S/C54H58N10O3/c1-61-30-32-62(33-31-61)54(67)60-49(42-12-6-3-7-13-42)53(66)64-29-9-15-48(64)51-56-35-45(58-51)41-24-20-38(21-25-41)17-16-37-18-22-40(23-19-37)44-34-55-50(57-44)47-14-8-28-63(47)36-46(39-10-4-2-5-11-39)59-52(65)43-26-27-43/h2-7,10-13,18-25,34-35,43,46-49H,8-9,14-15,26-33,36H2,1H3,(H,55,57)(H,56,58)(H,59,65)(H,60,67). The van der Waals surface area contributed by atoms with Crippen LogP contribution in [0.5, 0.6) is 0 Å². The average Bonchev–Trinajstić information content (AvgIpc) is 3.78. The number of imidazole rings is 2. The summed E-state index contributed by atoms with van der Waals surface area (Å²) in [6, 6.07) is 35.0. The van der Waals surface area contributed by atoms with Gasteiger partial charge in [-0.2, -0.15) is 0 Å². The Morgan fingerprint density at radius 3 is 1.79 bits per heavy atom. The molecule has 10 rings (SSSR count). The Morgan fingerprint density at radius 2 is 1.19 bits per heavy atom. The Kier molecular flexibility index (Phi) is 13.0. The number of hydrogen-bond acceptors (Lipinski definition) is 7. The highest BCUT2D eigenvalue weighted by molar-refractivity contribution is 5.89. The van der Waals surface area contributed by atoms with Crippen molar-refractivity contribution in [3.05, 3.63) is 155 Å². The lowest BCUT2D eigenvalue weighted by Gasteiger charge is -2.34. The fourth-order valence-electron chi connectivity index (χ4n) is 9.70. The van der Waals surface area contributed by atoms with Gasteiger partial charge in [-0.1, -0.05) is 96.8 Å². The number of carbonyl (C=O) groups is 3. The molecular weight excluding hydrogens is 837 g/mol. The van der Waals surface area contributed by atoms with Crippen molar-refractivity contribution in [3.8, 4) is 34.4 Å². The largest absolute Gasteiger partial charge is 0.348 e. The topological polar surface area (TPSA) is 146 Å². The van der Waals surface area contributed by atoms with Crippen LogP contribution in [0.15, 0.2) is 122 Å². The number of H-pyrrole nitrogens is 2. The SMILES string of the molecule is CN1CCN(C(=O)NC(C(=O)N2CCCC2c2ncc(-c3ccc(C#Cc4ccc(-c5cnc(C6CCCN6CC(NC(=O)C6CC6)c6ccccc6)[nH]5)cc4)cc3)[nH]2)c2ccccc2)CC1. The van der Waals surface area contributed by atoms with E-state index in [1.807, 2.05) is 102 Å². The number of hydrogen-bond donors (Lipinski definition) is 4.